The van der Waals surface area contributed by atoms with Crippen LogP contribution in [0.3, 0.4) is 0 Å². The van der Waals surface area contributed by atoms with Crippen LogP contribution in [-0.4, -0.2) is 49.2 Å². The predicted octanol–water partition coefficient (Wildman–Crippen LogP) is 3.48. The number of hydrogen-bond acceptors (Lipinski definition) is 3. The summed E-state index contributed by atoms with van der Waals surface area (Å²) in [7, 11) is 2.04. The van der Waals surface area contributed by atoms with Crippen molar-refractivity contribution in [2.75, 3.05) is 33.4 Å². The van der Waals surface area contributed by atoms with Crippen molar-refractivity contribution in [3.8, 4) is 0 Å². The van der Waals surface area contributed by atoms with Gasteiger partial charge in [0.25, 0.3) is 0 Å². The molecule has 0 amide bonds. The number of nitrogens with one attached hydrogen (secondary N) is 1. The Morgan fingerprint density at radius 1 is 1.14 bits per heavy atom. The van der Waals surface area contributed by atoms with Gasteiger partial charge in [-0.25, -0.2) is 0 Å². The maximum atomic E-state index is 3.27. The molecule has 1 N–H and O–H groups in total. The molecule has 3 nitrogen and oxygen atoms in total. The first-order chi connectivity index (χ1) is 10.7. The third-order valence-corrected chi connectivity index (χ3v) is 4.33. The van der Waals surface area contributed by atoms with Crippen LogP contribution < -0.4 is 5.32 Å². The minimum Gasteiger partial charge on any atom is -0.320 e. The first kappa shape index (κ1) is 19.1. The van der Waals surface area contributed by atoms with E-state index in [0.717, 1.165) is 25.8 Å². The van der Waals surface area contributed by atoms with Gasteiger partial charge in [0.2, 0.25) is 0 Å². The molecule has 1 aromatic rings. The molecule has 1 aromatic carbocycles. The zero-order valence-corrected chi connectivity index (χ0v) is 15.2. The minimum atomic E-state index is 0.727. The Morgan fingerprint density at radius 3 is 2.41 bits per heavy atom. The predicted molar refractivity (Wildman–Crippen MR) is 97.1 cm³/mol. The SMILES string of the molecule is CC.CCC(CCNC)N1CCN(Cc2ccc(C)cc2)C1. The first-order valence-electron chi connectivity index (χ1n) is 8.89. The van der Waals surface area contributed by atoms with E-state index in [1.54, 1.807) is 0 Å². The summed E-state index contributed by atoms with van der Waals surface area (Å²) in [6.07, 6.45) is 2.51. The van der Waals surface area contributed by atoms with E-state index in [2.05, 4.69) is 53.2 Å². The molecule has 22 heavy (non-hydrogen) atoms. The Kier molecular flexibility index (Phi) is 9.37. The lowest BCUT2D eigenvalue weighted by Gasteiger charge is -2.27. The Balaban J connectivity index is 0.00000116. The largest absolute Gasteiger partial charge is 0.320 e. The Bertz CT molecular complexity index is 388. The lowest BCUT2D eigenvalue weighted by Crippen LogP contribution is -2.36. The fourth-order valence-corrected chi connectivity index (χ4v) is 3.00. The maximum Gasteiger partial charge on any atom is 0.0513 e. The minimum absolute atomic E-state index is 0.727. The van der Waals surface area contributed by atoms with E-state index < -0.39 is 0 Å². The molecule has 0 saturated carbocycles. The van der Waals surface area contributed by atoms with E-state index in [-0.39, 0.29) is 0 Å². The molecule has 1 aliphatic heterocycles. The summed E-state index contributed by atoms with van der Waals surface area (Å²) in [5.41, 5.74) is 2.77. The average Bonchev–Trinajstić information content (AvgIpc) is 3.01. The van der Waals surface area contributed by atoms with E-state index in [9.17, 15) is 0 Å². The zero-order chi connectivity index (χ0) is 16.4. The molecule has 1 atom stereocenters. The standard InChI is InChI=1S/C17H29N3.C2H6/c1-4-17(9-10-18-3)20-12-11-19(14-20)13-16-7-5-15(2)6-8-16;1-2/h5-8,17-18H,4,9-14H2,1-3H3;1-2H3. The Labute approximate surface area is 137 Å². The number of rotatable bonds is 7. The summed E-state index contributed by atoms with van der Waals surface area (Å²) in [6.45, 7) is 14.2. The summed E-state index contributed by atoms with van der Waals surface area (Å²) in [4.78, 5) is 5.21. The van der Waals surface area contributed by atoms with E-state index in [1.165, 1.54) is 37.1 Å². The second-order valence-corrected chi connectivity index (χ2v) is 5.95. The van der Waals surface area contributed by atoms with Gasteiger partial charge in [-0.1, -0.05) is 50.6 Å². The Hall–Kier alpha value is -0.900. The van der Waals surface area contributed by atoms with E-state index in [4.69, 9.17) is 0 Å². The molecular weight excluding hydrogens is 270 g/mol. The third-order valence-electron chi connectivity index (χ3n) is 4.33. The van der Waals surface area contributed by atoms with Crippen molar-refractivity contribution < 1.29 is 0 Å². The van der Waals surface area contributed by atoms with Crippen molar-refractivity contribution in [2.24, 2.45) is 0 Å². The van der Waals surface area contributed by atoms with E-state index >= 15 is 0 Å². The summed E-state index contributed by atoms with van der Waals surface area (Å²) >= 11 is 0. The zero-order valence-electron chi connectivity index (χ0n) is 15.2. The van der Waals surface area contributed by atoms with Gasteiger partial charge in [0.15, 0.2) is 0 Å². The lowest BCUT2D eigenvalue weighted by molar-refractivity contribution is 0.176. The number of aryl methyl sites for hydroxylation is 1. The first-order valence-corrected chi connectivity index (χ1v) is 8.89. The van der Waals surface area contributed by atoms with E-state index in [1.807, 2.05) is 20.9 Å². The highest BCUT2D eigenvalue weighted by atomic mass is 15.4. The normalized spacial score (nSPS) is 17.1. The molecule has 1 unspecified atom stereocenters. The summed E-state index contributed by atoms with van der Waals surface area (Å²) in [5, 5.41) is 3.27. The average molecular weight is 306 g/mol. The molecule has 2 rings (SSSR count). The Morgan fingerprint density at radius 2 is 1.82 bits per heavy atom. The molecule has 0 spiro atoms. The highest BCUT2D eigenvalue weighted by Gasteiger charge is 2.25. The molecular formula is C19H35N3. The van der Waals surface area contributed by atoms with Crippen LogP contribution in [0.25, 0.3) is 0 Å². The molecule has 1 heterocycles. The monoisotopic (exact) mass is 305 g/mol. The molecule has 3 heteroatoms. The molecule has 1 aliphatic rings. The number of hydrogen-bond donors (Lipinski definition) is 1. The van der Waals surface area contributed by atoms with Crippen LogP contribution in [0.4, 0.5) is 0 Å². The van der Waals surface area contributed by atoms with Crippen LogP contribution in [0, 0.1) is 6.92 Å². The van der Waals surface area contributed by atoms with Crippen molar-refractivity contribution in [3.05, 3.63) is 35.4 Å². The third kappa shape index (κ3) is 6.07. The van der Waals surface area contributed by atoms with Crippen LogP contribution in [0.5, 0.6) is 0 Å². The van der Waals surface area contributed by atoms with Crippen LogP contribution in [0.1, 0.15) is 44.7 Å². The van der Waals surface area contributed by atoms with Gasteiger partial charge in [0.05, 0.1) is 6.67 Å². The van der Waals surface area contributed by atoms with Gasteiger partial charge >= 0.3 is 0 Å². The van der Waals surface area contributed by atoms with Crippen molar-refractivity contribution in [1.82, 2.24) is 15.1 Å². The molecule has 0 radical (unpaired) electrons. The van der Waals surface area contributed by atoms with Gasteiger partial charge in [-0.3, -0.25) is 9.80 Å². The van der Waals surface area contributed by atoms with Crippen LogP contribution in [0.2, 0.25) is 0 Å². The topological polar surface area (TPSA) is 18.5 Å². The van der Waals surface area contributed by atoms with Gasteiger partial charge in [-0.05, 0) is 38.9 Å². The number of nitrogens with zero attached hydrogens (tertiary/aromatic N) is 2. The second kappa shape index (κ2) is 10.8. The van der Waals surface area contributed by atoms with Gasteiger partial charge in [0, 0.05) is 25.7 Å². The van der Waals surface area contributed by atoms with Crippen molar-refractivity contribution >= 4 is 0 Å². The molecule has 0 bridgehead atoms. The van der Waals surface area contributed by atoms with Gasteiger partial charge in [0.1, 0.15) is 0 Å². The van der Waals surface area contributed by atoms with Crippen molar-refractivity contribution in [3.63, 3.8) is 0 Å². The molecule has 0 aromatic heterocycles. The van der Waals surface area contributed by atoms with E-state index in [0.29, 0.717) is 0 Å². The van der Waals surface area contributed by atoms with Crippen LogP contribution >= 0.6 is 0 Å². The lowest BCUT2D eigenvalue weighted by atomic mass is 10.1. The molecule has 1 saturated heterocycles. The molecule has 1 fully saturated rings. The highest BCUT2D eigenvalue weighted by molar-refractivity contribution is 5.21. The van der Waals surface area contributed by atoms with Crippen LogP contribution in [0.15, 0.2) is 24.3 Å². The van der Waals surface area contributed by atoms with Crippen molar-refractivity contribution in [1.29, 1.82) is 0 Å². The highest BCUT2D eigenvalue weighted by Crippen LogP contribution is 2.17. The summed E-state index contributed by atoms with van der Waals surface area (Å²) in [6, 6.07) is 9.67. The molecule has 126 valence electrons. The van der Waals surface area contributed by atoms with Gasteiger partial charge < -0.3 is 5.32 Å². The fourth-order valence-electron chi connectivity index (χ4n) is 3.00. The fraction of sp³-hybridized carbons (Fsp3) is 0.684. The summed E-state index contributed by atoms with van der Waals surface area (Å²) in [5.74, 6) is 0. The number of benzene rings is 1. The smallest absolute Gasteiger partial charge is 0.0513 e. The second-order valence-electron chi connectivity index (χ2n) is 5.95. The van der Waals surface area contributed by atoms with Crippen LogP contribution in [-0.2, 0) is 6.54 Å². The van der Waals surface area contributed by atoms with Crippen molar-refractivity contribution in [2.45, 2.75) is 53.1 Å². The van der Waals surface area contributed by atoms with Gasteiger partial charge in [-0.15, -0.1) is 0 Å². The summed E-state index contributed by atoms with van der Waals surface area (Å²) < 4.78 is 0. The van der Waals surface area contributed by atoms with Gasteiger partial charge in [-0.2, -0.15) is 0 Å². The maximum absolute atomic E-state index is 3.27. The molecule has 0 aliphatic carbocycles. The quantitative estimate of drug-likeness (QED) is 0.832.